The lowest BCUT2D eigenvalue weighted by Gasteiger charge is -2.27. The van der Waals surface area contributed by atoms with E-state index in [0.29, 0.717) is 11.3 Å². The van der Waals surface area contributed by atoms with E-state index in [9.17, 15) is 0 Å². The molecule has 0 aromatic heterocycles. The van der Waals surface area contributed by atoms with Crippen molar-refractivity contribution in [3.05, 3.63) is 84.2 Å². The second-order valence-corrected chi connectivity index (χ2v) is 9.91. The van der Waals surface area contributed by atoms with Crippen molar-refractivity contribution < 1.29 is 0 Å². The number of hydrogen-bond acceptors (Lipinski definition) is 0. The van der Waals surface area contributed by atoms with Crippen molar-refractivity contribution >= 4 is 18.5 Å². The SMILES string of the molecule is CC(C)(C)CCC1C=CC=C1P(c1ccccc1)c1ccccc1. The van der Waals surface area contributed by atoms with Gasteiger partial charge in [0.2, 0.25) is 0 Å². The predicted molar refractivity (Wildman–Crippen MR) is 108 cm³/mol. The lowest BCUT2D eigenvalue weighted by atomic mass is 9.87. The zero-order chi connectivity index (χ0) is 17.0. The maximum absolute atomic E-state index is 2.41. The summed E-state index contributed by atoms with van der Waals surface area (Å²) in [6.07, 6.45) is 9.54. The minimum absolute atomic E-state index is 0.393. The van der Waals surface area contributed by atoms with Gasteiger partial charge in [-0.25, -0.2) is 0 Å². The Morgan fingerprint density at radius 1 is 0.833 bits per heavy atom. The van der Waals surface area contributed by atoms with Gasteiger partial charge in [0.1, 0.15) is 0 Å². The fourth-order valence-electron chi connectivity index (χ4n) is 3.18. The van der Waals surface area contributed by atoms with Crippen LogP contribution >= 0.6 is 7.92 Å². The molecule has 0 fully saturated rings. The number of allylic oxidation sites excluding steroid dienone is 4. The van der Waals surface area contributed by atoms with Crippen LogP contribution in [-0.2, 0) is 0 Å². The van der Waals surface area contributed by atoms with E-state index in [1.165, 1.54) is 23.5 Å². The Morgan fingerprint density at radius 2 is 1.38 bits per heavy atom. The molecule has 1 unspecified atom stereocenters. The summed E-state index contributed by atoms with van der Waals surface area (Å²) in [6.45, 7) is 7.02. The highest BCUT2D eigenvalue weighted by molar-refractivity contribution is 7.76. The average molecular weight is 334 g/mol. The lowest BCUT2D eigenvalue weighted by Crippen LogP contribution is -2.16. The van der Waals surface area contributed by atoms with Gasteiger partial charge in [-0.1, -0.05) is 99.7 Å². The third kappa shape index (κ3) is 4.25. The Labute approximate surface area is 148 Å². The van der Waals surface area contributed by atoms with Gasteiger partial charge in [-0.3, -0.25) is 0 Å². The van der Waals surface area contributed by atoms with E-state index in [4.69, 9.17) is 0 Å². The van der Waals surface area contributed by atoms with Crippen LogP contribution < -0.4 is 10.6 Å². The van der Waals surface area contributed by atoms with Gasteiger partial charge in [-0.15, -0.1) is 0 Å². The second-order valence-electron chi connectivity index (χ2n) is 7.69. The van der Waals surface area contributed by atoms with Gasteiger partial charge < -0.3 is 0 Å². The van der Waals surface area contributed by atoms with Crippen LogP contribution in [0.4, 0.5) is 0 Å². The molecule has 0 spiro atoms. The standard InChI is InChI=1S/C23H27P/c1-23(2,3)18-17-19-11-10-16-22(19)24(20-12-6-4-7-13-20)21-14-8-5-9-15-21/h4-16,19H,17-18H2,1-3H3. The Bertz CT molecular complexity index is 665. The molecule has 2 aromatic carbocycles. The molecule has 0 radical (unpaired) electrons. The van der Waals surface area contributed by atoms with Crippen LogP contribution in [0, 0.1) is 11.3 Å². The van der Waals surface area contributed by atoms with Crippen LogP contribution in [0.5, 0.6) is 0 Å². The zero-order valence-corrected chi connectivity index (χ0v) is 15.8. The first-order valence-corrected chi connectivity index (χ1v) is 10.2. The minimum atomic E-state index is -0.440. The molecule has 0 saturated carbocycles. The monoisotopic (exact) mass is 334 g/mol. The molecule has 0 aliphatic heterocycles. The molecule has 1 aliphatic rings. The van der Waals surface area contributed by atoms with Crippen LogP contribution in [0.25, 0.3) is 0 Å². The topological polar surface area (TPSA) is 0 Å². The summed E-state index contributed by atoms with van der Waals surface area (Å²) in [6, 6.07) is 22.1. The lowest BCUT2D eigenvalue weighted by molar-refractivity contribution is 0.353. The quantitative estimate of drug-likeness (QED) is 0.587. The van der Waals surface area contributed by atoms with Crippen LogP contribution in [0.2, 0.25) is 0 Å². The van der Waals surface area contributed by atoms with E-state index in [1.807, 2.05) is 0 Å². The van der Waals surface area contributed by atoms with Crippen LogP contribution in [0.15, 0.2) is 84.2 Å². The molecule has 3 rings (SSSR count). The average Bonchev–Trinajstić information content (AvgIpc) is 3.03. The molecule has 1 aliphatic carbocycles. The van der Waals surface area contributed by atoms with Crippen molar-refractivity contribution in [2.45, 2.75) is 33.6 Å². The molecule has 2 aromatic rings. The molecule has 0 saturated heterocycles. The molecular formula is C23H27P. The van der Waals surface area contributed by atoms with Gasteiger partial charge in [-0.05, 0) is 42.1 Å². The Kier molecular flexibility index (Phi) is 5.36. The summed E-state index contributed by atoms with van der Waals surface area (Å²) in [5.41, 5.74) is 0.393. The minimum Gasteiger partial charge on any atom is -0.0769 e. The largest absolute Gasteiger partial charge is 0.0769 e. The first-order chi connectivity index (χ1) is 11.5. The molecule has 0 bridgehead atoms. The Morgan fingerprint density at radius 3 is 1.88 bits per heavy atom. The van der Waals surface area contributed by atoms with Crippen molar-refractivity contribution in [3.8, 4) is 0 Å². The smallest absolute Gasteiger partial charge is 0.00320 e. The van der Waals surface area contributed by atoms with Crippen molar-refractivity contribution in [2.75, 3.05) is 0 Å². The molecule has 0 heterocycles. The third-order valence-corrected chi connectivity index (χ3v) is 7.11. The summed E-state index contributed by atoms with van der Waals surface area (Å²) < 4.78 is 0. The summed E-state index contributed by atoms with van der Waals surface area (Å²) in [5, 5.41) is 4.51. The predicted octanol–water partition coefficient (Wildman–Crippen LogP) is 6.02. The summed E-state index contributed by atoms with van der Waals surface area (Å²) in [5.74, 6) is 0.579. The van der Waals surface area contributed by atoms with Crippen molar-refractivity contribution in [1.29, 1.82) is 0 Å². The van der Waals surface area contributed by atoms with Crippen molar-refractivity contribution in [2.24, 2.45) is 11.3 Å². The number of hydrogen-bond donors (Lipinski definition) is 0. The van der Waals surface area contributed by atoms with Crippen LogP contribution in [0.1, 0.15) is 33.6 Å². The fourth-order valence-corrected chi connectivity index (χ4v) is 5.80. The highest BCUT2D eigenvalue weighted by Gasteiger charge is 2.26. The third-order valence-electron chi connectivity index (χ3n) is 4.48. The molecule has 1 atom stereocenters. The fraction of sp³-hybridized carbons (Fsp3) is 0.304. The summed E-state index contributed by atoms with van der Waals surface area (Å²) >= 11 is 0. The van der Waals surface area contributed by atoms with Gasteiger partial charge >= 0.3 is 0 Å². The normalized spacial score (nSPS) is 17.3. The molecular weight excluding hydrogens is 307 g/mol. The van der Waals surface area contributed by atoms with Crippen LogP contribution in [-0.4, -0.2) is 0 Å². The number of rotatable bonds is 5. The summed E-state index contributed by atoms with van der Waals surface area (Å²) in [7, 11) is -0.440. The Hall–Kier alpha value is -1.65. The van der Waals surface area contributed by atoms with E-state index < -0.39 is 7.92 Å². The maximum atomic E-state index is 2.41. The van der Waals surface area contributed by atoms with E-state index in [1.54, 1.807) is 5.31 Å². The molecule has 0 N–H and O–H groups in total. The second kappa shape index (κ2) is 7.49. The van der Waals surface area contributed by atoms with Crippen molar-refractivity contribution in [1.82, 2.24) is 0 Å². The molecule has 1 heteroatoms. The number of benzene rings is 2. The highest BCUT2D eigenvalue weighted by Crippen LogP contribution is 2.50. The van der Waals surface area contributed by atoms with Gasteiger partial charge in [0.05, 0.1) is 0 Å². The zero-order valence-electron chi connectivity index (χ0n) is 14.9. The first kappa shape index (κ1) is 17.2. The van der Waals surface area contributed by atoms with Gasteiger partial charge in [0, 0.05) is 5.92 Å². The molecule has 0 amide bonds. The van der Waals surface area contributed by atoms with E-state index in [0.717, 1.165) is 0 Å². The Balaban J connectivity index is 1.91. The summed E-state index contributed by atoms with van der Waals surface area (Å²) in [4.78, 5) is 0. The van der Waals surface area contributed by atoms with Crippen molar-refractivity contribution in [3.63, 3.8) is 0 Å². The van der Waals surface area contributed by atoms with Crippen LogP contribution in [0.3, 0.4) is 0 Å². The van der Waals surface area contributed by atoms with E-state index in [-0.39, 0.29) is 0 Å². The molecule has 24 heavy (non-hydrogen) atoms. The maximum Gasteiger partial charge on any atom is 0.00320 e. The van der Waals surface area contributed by atoms with Gasteiger partial charge in [0.15, 0.2) is 0 Å². The van der Waals surface area contributed by atoms with Gasteiger partial charge in [-0.2, -0.15) is 0 Å². The molecule has 0 nitrogen and oxygen atoms in total. The first-order valence-electron chi connectivity index (χ1n) is 8.83. The highest BCUT2D eigenvalue weighted by atomic mass is 31.1. The van der Waals surface area contributed by atoms with Gasteiger partial charge in [0.25, 0.3) is 0 Å². The van der Waals surface area contributed by atoms with E-state index in [2.05, 4.69) is 99.7 Å². The molecule has 124 valence electrons. The van der Waals surface area contributed by atoms with E-state index >= 15 is 0 Å².